The van der Waals surface area contributed by atoms with E-state index in [-0.39, 0.29) is 50.6 Å². The van der Waals surface area contributed by atoms with E-state index in [0.717, 1.165) is 0 Å². The highest BCUT2D eigenvalue weighted by Gasteiger charge is 2.34. The molecule has 1 atom stereocenters. The molecule has 184 valence electrons. The molecule has 33 heavy (non-hydrogen) atoms. The fourth-order valence-electron chi connectivity index (χ4n) is 3.82. The van der Waals surface area contributed by atoms with Gasteiger partial charge in [-0.25, -0.2) is 9.59 Å². The number of anilines is 1. The van der Waals surface area contributed by atoms with Crippen molar-refractivity contribution in [1.29, 1.82) is 0 Å². The maximum absolute atomic E-state index is 11.9. The number of ether oxygens (including phenoxy) is 1. The van der Waals surface area contributed by atoms with Gasteiger partial charge in [0.1, 0.15) is 11.7 Å². The Morgan fingerprint density at radius 1 is 0.970 bits per heavy atom. The van der Waals surface area contributed by atoms with Gasteiger partial charge in [-0.3, -0.25) is 24.2 Å². The van der Waals surface area contributed by atoms with Crippen LogP contribution in [0.15, 0.2) is 9.59 Å². The van der Waals surface area contributed by atoms with Crippen molar-refractivity contribution in [3.8, 4) is 5.75 Å². The second kappa shape index (κ2) is 12.3. The van der Waals surface area contributed by atoms with Crippen molar-refractivity contribution >= 4 is 23.6 Å². The van der Waals surface area contributed by atoms with Gasteiger partial charge in [0.25, 0.3) is 10.9 Å². The first-order valence-electron chi connectivity index (χ1n) is 10.8. The number of carbonyl (C=O) groups is 3. The Bertz CT molecular complexity index is 898. The normalized spacial score (nSPS) is 17.2. The van der Waals surface area contributed by atoms with Crippen LogP contribution in [0.25, 0.3) is 0 Å². The highest BCUT2D eigenvalue weighted by molar-refractivity contribution is 5.97. The molecule has 1 aliphatic rings. The minimum Gasteiger partial charge on any atom is -0.488 e. The molecular formula is C20H30N4O9. The van der Waals surface area contributed by atoms with E-state index in [2.05, 4.69) is 10.6 Å². The van der Waals surface area contributed by atoms with Crippen LogP contribution in [0.5, 0.6) is 5.75 Å². The molecule has 1 saturated heterocycles. The van der Waals surface area contributed by atoms with E-state index in [1.807, 2.05) is 0 Å². The third-order valence-corrected chi connectivity index (χ3v) is 5.50. The number of hydrogen-bond acceptors (Lipinski definition) is 10. The fourth-order valence-corrected chi connectivity index (χ4v) is 3.82. The number of nitrogens with one attached hydrogen (secondary N) is 2. The zero-order valence-electron chi connectivity index (χ0n) is 18.4. The predicted molar refractivity (Wildman–Crippen MR) is 117 cm³/mol. The number of rotatable bonds is 12. The summed E-state index contributed by atoms with van der Waals surface area (Å²) in [6.07, 6.45) is 0.602. The first-order valence-corrected chi connectivity index (χ1v) is 10.8. The molecule has 0 saturated carbocycles. The van der Waals surface area contributed by atoms with Crippen LogP contribution in [0, 0.1) is 0 Å². The van der Waals surface area contributed by atoms with E-state index < -0.39 is 40.8 Å². The van der Waals surface area contributed by atoms with Crippen LogP contribution in [0.1, 0.15) is 19.8 Å². The summed E-state index contributed by atoms with van der Waals surface area (Å²) in [7, 11) is 0. The topological polar surface area (TPSA) is 186 Å². The average Bonchev–Trinajstić information content (AvgIpc) is 2.87. The van der Waals surface area contributed by atoms with Gasteiger partial charge >= 0.3 is 17.9 Å². The molecule has 1 heterocycles. The van der Waals surface area contributed by atoms with Crippen LogP contribution in [0.3, 0.4) is 0 Å². The van der Waals surface area contributed by atoms with E-state index in [4.69, 9.17) is 4.74 Å². The molecule has 0 radical (unpaired) electrons. The number of aliphatic carboxylic acids is 3. The molecular weight excluding hydrogens is 440 g/mol. The van der Waals surface area contributed by atoms with Gasteiger partial charge in [-0.15, -0.1) is 0 Å². The van der Waals surface area contributed by atoms with Gasteiger partial charge in [0.15, 0.2) is 5.75 Å². The zero-order chi connectivity index (χ0) is 24.5. The van der Waals surface area contributed by atoms with Crippen LogP contribution >= 0.6 is 0 Å². The SMILES string of the molecule is CCOc1c(NCCCC(C(=O)O)N2CCNCCN(C(C(=O)O)C(=O)O)CC2)c(=O)c1=O. The molecule has 1 aromatic carbocycles. The maximum atomic E-state index is 11.9. The van der Waals surface area contributed by atoms with Crippen molar-refractivity contribution in [3.05, 3.63) is 20.4 Å². The zero-order valence-corrected chi connectivity index (χ0v) is 18.4. The molecule has 1 aliphatic heterocycles. The second-order valence-electron chi connectivity index (χ2n) is 7.62. The van der Waals surface area contributed by atoms with Crippen molar-refractivity contribution in [3.63, 3.8) is 0 Å². The van der Waals surface area contributed by atoms with Crippen molar-refractivity contribution in [2.75, 3.05) is 57.7 Å². The summed E-state index contributed by atoms with van der Waals surface area (Å²) in [5.41, 5.74) is -1.24. The Hall–Kier alpha value is -3.03. The molecule has 1 aromatic rings. The molecule has 1 unspecified atom stereocenters. The van der Waals surface area contributed by atoms with Gasteiger partial charge in [-0.2, -0.15) is 0 Å². The van der Waals surface area contributed by atoms with Crippen molar-refractivity contribution in [1.82, 2.24) is 15.1 Å². The molecule has 2 rings (SSSR count). The Kier molecular flexibility index (Phi) is 9.75. The highest BCUT2D eigenvalue weighted by Crippen LogP contribution is 2.18. The minimum atomic E-state index is -1.71. The molecule has 0 bridgehead atoms. The van der Waals surface area contributed by atoms with Gasteiger partial charge in [0, 0.05) is 45.8 Å². The Balaban J connectivity index is 1.99. The van der Waals surface area contributed by atoms with Crippen LogP contribution in [-0.2, 0) is 14.4 Å². The van der Waals surface area contributed by atoms with Crippen LogP contribution in [0.2, 0.25) is 0 Å². The van der Waals surface area contributed by atoms with E-state index in [1.165, 1.54) is 4.90 Å². The van der Waals surface area contributed by atoms with Crippen molar-refractivity contribution in [2.45, 2.75) is 31.8 Å². The smallest absolute Gasteiger partial charge is 0.332 e. The molecule has 1 fully saturated rings. The van der Waals surface area contributed by atoms with Crippen LogP contribution in [0.4, 0.5) is 5.69 Å². The highest BCUT2D eigenvalue weighted by atomic mass is 16.5. The number of carboxylic acids is 3. The lowest BCUT2D eigenvalue weighted by Gasteiger charge is -2.31. The predicted octanol–water partition coefficient (Wildman–Crippen LogP) is -1.93. The number of nitrogens with zero attached hydrogens (tertiary/aromatic N) is 2. The first kappa shape index (κ1) is 26.2. The lowest BCUT2D eigenvalue weighted by molar-refractivity contribution is -0.157. The molecule has 0 amide bonds. The van der Waals surface area contributed by atoms with E-state index >= 15 is 0 Å². The second-order valence-corrected chi connectivity index (χ2v) is 7.62. The lowest BCUT2D eigenvalue weighted by atomic mass is 10.1. The quantitative estimate of drug-likeness (QED) is 0.129. The molecule has 5 N–H and O–H groups in total. The Labute approximate surface area is 189 Å². The van der Waals surface area contributed by atoms with Crippen molar-refractivity contribution in [2.24, 2.45) is 0 Å². The van der Waals surface area contributed by atoms with Crippen molar-refractivity contribution < 1.29 is 34.4 Å². The van der Waals surface area contributed by atoms with E-state index in [9.17, 15) is 39.3 Å². The summed E-state index contributed by atoms with van der Waals surface area (Å²) in [6.45, 7) is 3.86. The summed E-state index contributed by atoms with van der Waals surface area (Å²) in [4.78, 5) is 60.9. The van der Waals surface area contributed by atoms with Gasteiger partial charge in [0.2, 0.25) is 6.04 Å². The Morgan fingerprint density at radius 3 is 2.15 bits per heavy atom. The van der Waals surface area contributed by atoms with Crippen LogP contribution in [-0.4, -0.2) is 108 Å². The lowest BCUT2D eigenvalue weighted by Crippen LogP contribution is -2.52. The maximum Gasteiger partial charge on any atom is 0.332 e. The summed E-state index contributed by atoms with van der Waals surface area (Å²) in [5, 5.41) is 34.2. The number of carboxylic acid groups (broad SMARTS) is 3. The third-order valence-electron chi connectivity index (χ3n) is 5.50. The molecule has 13 heteroatoms. The van der Waals surface area contributed by atoms with Gasteiger partial charge in [-0.1, -0.05) is 0 Å². The minimum absolute atomic E-state index is 0.00474. The molecule has 0 spiro atoms. The first-order chi connectivity index (χ1) is 15.7. The summed E-state index contributed by atoms with van der Waals surface area (Å²) < 4.78 is 5.13. The Morgan fingerprint density at radius 2 is 1.58 bits per heavy atom. The summed E-state index contributed by atoms with van der Waals surface area (Å²) in [6, 6.07) is -2.60. The van der Waals surface area contributed by atoms with Gasteiger partial charge in [-0.05, 0) is 19.8 Å². The largest absolute Gasteiger partial charge is 0.488 e. The average molecular weight is 470 g/mol. The monoisotopic (exact) mass is 470 g/mol. The number of hydrogen-bond donors (Lipinski definition) is 5. The summed E-state index contributed by atoms with van der Waals surface area (Å²) in [5.74, 6) is -4.01. The summed E-state index contributed by atoms with van der Waals surface area (Å²) >= 11 is 0. The van der Waals surface area contributed by atoms with Crippen LogP contribution < -0.4 is 26.2 Å². The van der Waals surface area contributed by atoms with Gasteiger partial charge < -0.3 is 30.7 Å². The standard InChI is InChI=1S/C20H30N4O9/c1-2-33-17-13(15(25)16(17)26)22-5-3-4-12(18(27)28)23-8-6-21-7-9-24(11-10-23)14(19(29)30)20(31)32/h12,14,21-22H,2-11H2,1H3,(H,27,28)(H,29,30)(H,31,32). The molecule has 0 aliphatic carbocycles. The third kappa shape index (κ3) is 6.73. The van der Waals surface area contributed by atoms with E-state index in [1.54, 1.807) is 11.8 Å². The molecule has 13 nitrogen and oxygen atoms in total. The van der Waals surface area contributed by atoms with E-state index in [0.29, 0.717) is 26.1 Å². The molecule has 0 aromatic heterocycles. The van der Waals surface area contributed by atoms with Gasteiger partial charge in [0.05, 0.1) is 6.61 Å². The fraction of sp³-hybridized carbons (Fsp3) is 0.650.